The normalized spacial score (nSPS) is 11.1. The maximum Gasteiger partial charge on any atom is 0.306 e. The van der Waals surface area contributed by atoms with Gasteiger partial charge in [0.15, 0.2) is 4.96 Å². The maximum atomic E-state index is 12.1. The Morgan fingerprint density at radius 2 is 2.00 bits per heavy atom. The molecule has 0 amide bonds. The molecule has 6 nitrogen and oxygen atoms in total. The highest BCUT2D eigenvalue weighted by molar-refractivity contribution is 7.15. The van der Waals surface area contributed by atoms with Crippen LogP contribution in [0.1, 0.15) is 23.5 Å². The predicted octanol–water partition coefficient (Wildman–Crippen LogP) is 3.29. The summed E-state index contributed by atoms with van der Waals surface area (Å²) in [6, 6.07) is 13.2. The fraction of sp³-hybridized carbons (Fsp3) is 0.200. The standard InChI is InChI=1S/C20H17N3O3S/c1-13-12-27-20-22-16(10-18(24)23(13)20)11-26-19(25)9-8-15-7-6-14-4-2-3-5-17(14)21-15/h2-7,10,12H,8-9,11H2,1H3. The zero-order chi connectivity index (χ0) is 18.8. The molecule has 0 unspecified atom stereocenters. The maximum absolute atomic E-state index is 12.1. The van der Waals surface area contributed by atoms with E-state index in [2.05, 4.69) is 9.97 Å². The quantitative estimate of drug-likeness (QED) is 0.498. The molecule has 0 atom stereocenters. The Bertz CT molecular complexity index is 1200. The number of aromatic nitrogens is 3. The number of carbonyl (C=O) groups is 1. The number of pyridine rings is 1. The van der Waals surface area contributed by atoms with Crippen LogP contribution in [0.3, 0.4) is 0 Å². The lowest BCUT2D eigenvalue weighted by Gasteiger charge is -2.06. The number of para-hydroxylation sites is 1. The molecule has 0 spiro atoms. The minimum atomic E-state index is -0.339. The topological polar surface area (TPSA) is 73.6 Å². The van der Waals surface area contributed by atoms with Gasteiger partial charge in [0.05, 0.1) is 17.6 Å². The third-order valence-corrected chi connectivity index (χ3v) is 5.19. The molecule has 0 aliphatic heterocycles. The number of ether oxygens (including phenoxy) is 1. The summed E-state index contributed by atoms with van der Waals surface area (Å²) in [4.78, 5) is 33.7. The van der Waals surface area contributed by atoms with Gasteiger partial charge in [-0.2, -0.15) is 0 Å². The fourth-order valence-corrected chi connectivity index (χ4v) is 3.77. The zero-order valence-corrected chi connectivity index (χ0v) is 15.5. The SMILES string of the molecule is Cc1csc2nc(COC(=O)CCc3ccc4ccccc4n3)cc(=O)n12. The number of nitrogens with zero attached hydrogens (tertiary/aromatic N) is 3. The van der Waals surface area contributed by atoms with Gasteiger partial charge in [0.25, 0.3) is 5.56 Å². The molecule has 7 heteroatoms. The molecule has 136 valence electrons. The lowest BCUT2D eigenvalue weighted by molar-refractivity contribution is -0.145. The average molecular weight is 379 g/mol. The first-order valence-corrected chi connectivity index (χ1v) is 9.45. The monoisotopic (exact) mass is 379 g/mol. The number of aryl methyl sites for hydroxylation is 2. The highest BCUT2D eigenvalue weighted by Crippen LogP contribution is 2.14. The predicted molar refractivity (Wildman–Crippen MR) is 104 cm³/mol. The minimum absolute atomic E-state index is 0.00727. The van der Waals surface area contributed by atoms with Gasteiger partial charge < -0.3 is 4.74 Å². The van der Waals surface area contributed by atoms with Gasteiger partial charge in [-0.3, -0.25) is 19.0 Å². The van der Waals surface area contributed by atoms with Crippen LogP contribution < -0.4 is 5.56 Å². The largest absolute Gasteiger partial charge is 0.459 e. The Hall–Kier alpha value is -3.06. The first kappa shape index (κ1) is 17.4. The average Bonchev–Trinajstić information content (AvgIpc) is 3.06. The van der Waals surface area contributed by atoms with E-state index in [1.54, 1.807) is 4.40 Å². The highest BCUT2D eigenvalue weighted by Gasteiger charge is 2.10. The van der Waals surface area contributed by atoms with Crippen LogP contribution in [0.2, 0.25) is 0 Å². The fourth-order valence-electron chi connectivity index (χ4n) is 2.88. The van der Waals surface area contributed by atoms with Crippen LogP contribution in [0.25, 0.3) is 15.9 Å². The first-order chi connectivity index (χ1) is 13.1. The number of fused-ring (bicyclic) bond motifs is 2. The second kappa shape index (κ2) is 7.28. The van der Waals surface area contributed by atoms with Gasteiger partial charge >= 0.3 is 5.97 Å². The van der Waals surface area contributed by atoms with Crippen LogP contribution in [-0.4, -0.2) is 20.3 Å². The molecule has 4 aromatic rings. The molecule has 0 aliphatic carbocycles. The van der Waals surface area contributed by atoms with Crippen molar-refractivity contribution in [3.8, 4) is 0 Å². The second-order valence-electron chi connectivity index (χ2n) is 6.24. The zero-order valence-electron chi connectivity index (χ0n) is 14.7. The molecule has 0 bridgehead atoms. The van der Waals surface area contributed by atoms with Crippen molar-refractivity contribution < 1.29 is 9.53 Å². The third-order valence-electron chi connectivity index (χ3n) is 4.25. The van der Waals surface area contributed by atoms with Gasteiger partial charge in [-0.1, -0.05) is 24.3 Å². The Balaban J connectivity index is 1.37. The molecule has 4 rings (SSSR count). The van der Waals surface area contributed by atoms with Gasteiger partial charge in [0, 0.05) is 34.6 Å². The Kier molecular flexibility index (Phi) is 4.68. The van der Waals surface area contributed by atoms with E-state index in [0.717, 1.165) is 22.3 Å². The Morgan fingerprint density at radius 1 is 1.15 bits per heavy atom. The number of thiazole rings is 1. The van der Waals surface area contributed by atoms with Gasteiger partial charge in [0.1, 0.15) is 6.61 Å². The van der Waals surface area contributed by atoms with E-state index in [0.29, 0.717) is 17.1 Å². The highest BCUT2D eigenvalue weighted by atomic mass is 32.1. The van der Waals surface area contributed by atoms with E-state index in [-0.39, 0.29) is 24.6 Å². The molecular formula is C20H17N3O3S. The van der Waals surface area contributed by atoms with Crippen LogP contribution >= 0.6 is 11.3 Å². The molecule has 0 saturated carbocycles. The lowest BCUT2D eigenvalue weighted by atomic mass is 10.1. The summed E-state index contributed by atoms with van der Waals surface area (Å²) in [6.45, 7) is 1.85. The molecule has 0 fully saturated rings. The summed E-state index contributed by atoms with van der Waals surface area (Å²) in [6.07, 6.45) is 0.730. The van der Waals surface area contributed by atoms with Crippen LogP contribution in [0.15, 0.2) is 52.6 Å². The van der Waals surface area contributed by atoms with Crippen LogP contribution in [-0.2, 0) is 22.6 Å². The van der Waals surface area contributed by atoms with Crippen LogP contribution in [0.5, 0.6) is 0 Å². The third kappa shape index (κ3) is 3.73. The van der Waals surface area contributed by atoms with Crippen LogP contribution in [0, 0.1) is 6.92 Å². The summed E-state index contributed by atoms with van der Waals surface area (Å²) in [5.74, 6) is -0.339. The van der Waals surface area contributed by atoms with E-state index >= 15 is 0 Å². The molecule has 0 radical (unpaired) electrons. The van der Waals surface area contributed by atoms with E-state index in [4.69, 9.17) is 4.74 Å². The van der Waals surface area contributed by atoms with E-state index in [9.17, 15) is 9.59 Å². The Labute approximate surface area is 159 Å². The van der Waals surface area contributed by atoms with Crippen molar-refractivity contribution in [3.05, 3.63) is 75.3 Å². The smallest absolute Gasteiger partial charge is 0.306 e. The van der Waals surface area contributed by atoms with Gasteiger partial charge in [-0.25, -0.2) is 4.98 Å². The number of carbonyl (C=O) groups excluding carboxylic acids is 1. The van der Waals surface area contributed by atoms with Gasteiger partial charge in [-0.05, 0) is 19.1 Å². The van der Waals surface area contributed by atoms with Crippen molar-refractivity contribution >= 4 is 33.2 Å². The number of hydrogen-bond acceptors (Lipinski definition) is 6. The first-order valence-electron chi connectivity index (χ1n) is 8.57. The number of hydrogen-bond donors (Lipinski definition) is 0. The van der Waals surface area contributed by atoms with Crippen molar-refractivity contribution in [1.29, 1.82) is 0 Å². The number of benzene rings is 1. The molecule has 27 heavy (non-hydrogen) atoms. The van der Waals surface area contributed by atoms with E-state index in [1.807, 2.05) is 48.7 Å². The summed E-state index contributed by atoms with van der Waals surface area (Å²) < 4.78 is 6.82. The van der Waals surface area contributed by atoms with E-state index in [1.165, 1.54) is 17.4 Å². The second-order valence-corrected chi connectivity index (χ2v) is 7.07. The van der Waals surface area contributed by atoms with Crippen molar-refractivity contribution in [2.24, 2.45) is 0 Å². The lowest BCUT2D eigenvalue weighted by Crippen LogP contribution is -2.16. The molecule has 0 N–H and O–H groups in total. The summed E-state index contributed by atoms with van der Waals surface area (Å²) in [5.41, 5.74) is 2.90. The molecule has 0 saturated heterocycles. The molecule has 3 heterocycles. The van der Waals surface area contributed by atoms with Gasteiger partial charge in [0.2, 0.25) is 0 Å². The van der Waals surface area contributed by atoms with Crippen molar-refractivity contribution in [3.63, 3.8) is 0 Å². The summed E-state index contributed by atoms with van der Waals surface area (Å²) >= 11 is 1.39. The van der Waals surface area contributed by atoms with Crippen LogP contribution in [0.4, 0.5) is 0 Å². The molecular weight excluding hydrogens is 362 g/mol. The van der Waals surface area contributed by atoms with Gasteiger partial charge in [-0.15, -0.1) is 11.3 Å². The Morgan fingerprint density at radius 3 is 2.89 bits per heavy atom. The van der Waals surface area contributed by atoms with Crippen molar-refractivity contribution in [1.82, 2.24) is 14.4 Å². The number of rotatable bonds is 5. The molecule has 1 aromatic carbocycles. The minimum Gasteiger partial charge on any atom is -0.459 e. The molecule has 0 aliphatic rings. The number of esters is 1. The van der Waals surface area contributed by atoms with Crippen molar-refractivity contribution in [2.75, 3.05) is 0 Å². The summed E-state index contributed by atoms with van der Waals surface area (Å²) in [7, 11) is 0. The van der Waals surface area contributed by atoms with Crippen molar-refractivity contribution in [2.45, 2.75) is 26.4 Å². The molecule has 3 aromatic heterocycles. The summed E-state index contributed by atoms with van der Waals surface area (Å²) in [5, 5.41) is 2.94. The van der Waals surface area contributed by atoms with E-state index < -0.39 is 0 Å².